The number of nitrogens with two attached hydrogens (primary N) is 1. The zero-order valence-corrected chi connectivity index (χ0v) is 12.1. The highest BCUT2D eigenvalue weighted by atomic mass is 32.2. The number of amides is 1. The highest BCUT2D eigenvalue weighted by molar-refractivity contribution is 7.89. The smallest absolute Gasteiger partial charge is 0.251 e. The molecule has 1 amide bonds. The van der Waals surface area contributed by atoms with Gasteiger partial charge in [-0.05, 0) is 31.2 Å². The van der Waals surface area contributed by atoms with Gasteiger partial charge in [0.15, 0.2) is 0 Å². The van der Waals surface area contributed by atoms with Gasteiger partial charge in [0.25, 0.3) is 5.91 Å². The third-order valence-electron chi connectivity index (χ3n) is 2.58. The minimum Gasteiger partial charge on any atom is -0.348 e. The van der Waals surface area contributed by atoms with E-state index in [2.05, 4.69) is 16.6 Å². The molecule has 0 fully saturated rings. The summed E-state index contributed by atoms with van der Waals surface area (Å²) in [5.41, 5.74) is 5.80. The Labute approximate surface area is 119 Å². The van der Waals surface area contributed by atoms with Crippen LogP contribution < -0.4 is 15.8 Å². The average molecular weight is 297 g/mol. The van der Waals surface area contributed by atoms with E-state index in [-0.39, 0.29) is 23.4 Å². The summed E-state index contributed by atoms with van der Waals surface area (Å²) in [5, 5.41) is 2.70. The van der Waals surface area contributed by atoms with Gasteiger partial charge in [-0.15, -0.1) is 6.58 Å². The van der Waals surface area contributed by atoms with Crippen LogP contribution >= 0.6 is 0 Å². The molecule has 110 valence electrons. The van der Waals surface area contributed by atoms with Gasteiger partial charge in [-0.1, -0.05) is 6.08 Å². The van der Waals surface area contributed by atoms with Gasteiger partial charge in [0.05, 0.1) is 4.90 Å². The number of hydrogen-bond acceptors (Lipinski definition) is 4. The average Bonchev–Trinajstić information content (AvgIpc) is 2.45. The molecule has 0 spiro atoms. The van der Waals surface area contributed by atoms with Gasteiger partial charge < -0.3 is 11.1 Å². The number of sulfonamides is 1. The first-order valence-corrected chi connectivity index (χ1v) is 7.60. The van der Waals surface area contributed by atoms with E-state index < -0.39 is 10.0 Å². The van der Waals surface area contributed by atoms with E-state index in [1.807, 2.05) is 0 Å². The van der Waals surface area contributed by atoms with Crippen molar-refractivity contribution in [2.24, 2.45) is 5.73 Å². The fourth-order valence-corrected chi connectivity index (χ4v) is 2.40. The van der Waals surface area contributed by atoms with Crippen LogP contribution in [0, 0.1) is 0 Å². The standard InChI is InChI=1S/C13H19N3O3S/c1-3-8-15-20(18,19)12-6-4-11(5-7-12)13(17)16-10(2)9-14/h3-7,10,15H,1,8-9,14H2,2H3,(H,16,17)/t10-/m0/s1. The minimum absolute atomic E-state index is 0.0998. The van der Waals surface area contributed by atoms with E-state index in [0.717, 1.165) is 0 Å². The Morgan fingerprint density at radius 3 is 2.50 bits per heavy atom. The maximum atomic E-state index is 11.8. The molecule has 1 aromatic carbocycles. The van der Waals surface area contributed by atoms with Crippen molar-refractivity contribution in [2.45, 2.75) is 17.9 Å². The molecular weight excluding hydrogens is 278 g/mol. The van der Waals surface area contributed by atoms with E-state index in [1.165, 1.54) is 30.3 Å². The Hall–Kier alpha value is -1.70. The largest absolute Gasteiger partial charge is 0.348 e. The number of carbonyl (C=O) groups excluding carboxylic acids is 1. The summed E-state index contributed by atoms with van der Waals surface area (Å²) in [7, 11) is -3.57. The molecule has 0 radical (unpaired) electrons. The van der Waals surface area contributed by atoms with Crippen LogP contribution in [-0.2, 0) is 10.0 Å². The molecule has 0 bridgehead atoms. The normalized spacial score (nSPS) is 12.7. The van der Waals surface area contributed by atoms with Crippen LogP contribution in [0.5, 0.6) is 0 Å². The van der Waals surface area contributed by atoms with Gasteiger partial charge in [0.1, 0.15) is 0 Å². The molecular formula is C13H19N3O3S. The van der Waals surface area contributed by atoms with E-state index >= 15 is 0 Å². The van der Waals surface area contributed by atoms with Gasteiger partial charge in [-0.2, -0.15) is 0 Å². The van der Waals surface area contributed by atoms with Gasteiger partial charge in [0.2, 0.25) is 10.0 Å². The molecule has 0 heterocycles. The zero-order chi connectivity index (χ0) is 15.2. The lowest BCUT2D eigenvalue weighted by Gasteiger charge is -2.11. The van der Waals surface area contributed by atoms with Crippen LogP contribution in [0.15, 0.2) is 41.8 Å². The fraction of sp³-hybridized carbons (Fsp3) is 0.308. The van der Waals surface area contributed by atoms with Crippen molar-refractivity contribution in [3.05, 3.63) is 42.5 Å². The first-order chi connectivity index (χ1) is 9.40. The van der Waals surface area contributed by atoms with E-state index in [0.29, 0.717) is 12.1 Å². The molecule has 0 saturated carbocycles. The van der Waals surface area contributed by atoms with Crippen LogP contribution in [-0.4, -0.2) is 33.5 Å². The SMILES string of the molecule is C=CCNS(=O)(=O)c1ccc(C(=O)N[C@@H](C)CN)cc1. The molecule has 7 heteroatoms. The Balaban J connectivity index is 2.83. The summed E-state index contributed by atoms with van der Waals surface area (Å²) in [6.45, 7) is 5.72. The summed E-state index contributed by atoms with van der Waals surface area (Å²) < 4.78 is 26.0. The van der Waals surface area contributed by atoms with Crippen LogP contribution in [0.25, 0.3) is 0 Å². The zero-order valence-electron chi connectivity index (χ0n) is 11.3. The van der Waals surface area contributed by atoms with E-state index in [9.17, 15) is 13.2 Å². The van der Waals surface area contributed by atoms with Crippen molar-refractivity contribution in [2.75, 3.05) is 13.1 Å². The molecule has 0 aliphatic rings. The highest BCUT2D eigenvalue weighted by Crippen LogP contribution is 2.10. The number of nitrogens with one attached hydrogen (secondary N) is 2. The topological polar surface area (TPSA) is 101 Å². The molecule has 0 unspecified atom stereocenters. The van der Waals surface area contributed by atoms with E-state index in [1.54, 1.807) is 6.92 Å². The fourth-order valence-electron chi connectivity index (χ4n) is 1.40. The molecule has 0 aliphatic heterocycles. The van der Waals surface area contributed by atoms with Crippen LogP contribution in [0.2, 0.25) is 0 Å². The quantitative estimate of drug-likeness (QED) is 0.627. The predicted molar refractivity (Wildman–Crippen MR) is 77.8 cm³/mol. The summed E-state index contributed by atoms with van der Waals surface area (Å²) in [6.07, 6.45) is 1.45. The van der Waals surface area contributed by atoms with Gasteiger partial charge >= 0.3 is 0 Å². The molecule has 0 aliphatic carbocycles. The van der Waals surface area contributed by atoms with Crippen LogP contribution in [0.1, 0.15) is 17.3 Å². The lowest BCUT2D eigenvalue weighted by Crippen LogP contribution is -2.37. The van der Waals surface area contributed by atoms with Crippen molar-refractivity contribution in [3.63, 3.8) is 0 Å². The minimum atomic E-state index is -3.57. The number of benzene rings is 1. The number of rotatable bonds is 7. The van der Waals surface area contributed by atoms with Gasteiger partial charge in [0, 0.05) is 24.7 Å². The molecule has 1 atom stereocenters. The second-order valence-electron chi connectivity index (χ2n) is 4.28. The maximum absolute atomic E-state index is 11.8. The number of carbonyl (C=O) groups is 1. The van der Waals surface area contributed by atoms with Crippen molar-refractivity contribution < 1.29 is 13.2 Å². The Kier molecular flexibility index (Phi) is 5.87. The third kappa shape index (κ3) is 4.44. The molecule has 20 heavy (non-hydrogen) atoms. The summed E-state index contributed by atoms with van der Waals surface area (Å²) in [5.74, 6) is -0.286. The summed E-state index contributed by atoms with van der Waals surface area (Å²) in [6, 6.07) is 5.54. The summed E-state index contributed by atoms with van der Waals surface area (Å²) in [4.78, 5) is 11.9. The molecule has 6 nitrogen and oxygen atoms in total. The third-order valence-corrected chi connectivity index (χ3v) is 4.02. The van der Waals surface area contributed by atoms with Crippen molar-refractivity contribution in [1.82, 2.24) is 10.0 Å². The van der Waals surface area contributed by atoms with Crippen molar-refractivity contribution in [1.29, 1.82) is 0 Å². The Morgan fingerprint density at radius 2 is 2.00 bits per heavy atom. The van der Waals surface area contributed by atoms with Gasteiger partial charge in [-0.25, -0.2) is 13.1 Å². The van der Waals surface area contributed by atoms with Gasteiger partial charge in [-0.3, -0.25) is 4.79 Å². The Morgan fingerprint density at radius 1 is 1.40 bits per heavy atom. The lowest BCUT2D eigenvalue weighted by molar-refractivity contribution is 0.0941. The maximum Gasteiger partial charge on any atom is 0.251 e. The van der Waals surface area contributed by atoms with Crippen molar-refractivity contribution in [3.8, 4) is 0 Å². The Bertz CT molecular complexity index is 567. The lowest BCUT2D eigenvalue weighted by atomic mass is 10.2. The first kappa shape index (κ1) is 16.4. The van der Waals surface area contributed by atoms with Crippen molar-refractivity contribution >= 4 is 15.9 Å². The molecule has 4 N–H and O–H groups in total. The molecule has 1 aromatic rings. The van der Waals surface area contributed by atoms with Crippen LogP contribution in [0.4, 0.5) is 0 Å². The first-order valence-electron chi connectivity index (χ1n) is 6.12. The highest BCUT2D eigenvalue weighted by Gasteiger charge is 2.14. The molecule has 1 rings (SSSR count). The second-order valence-corrected chi connectivity index (χ2v) is 6.04. The predicted octanol–water partition coefficient (Wildman–Crippen LogP) is 0.228. The summed E-state index contributed by atoms with van der Waals surface area (Å²) >= 11 is 0. The monoisotopic (exact) mass is 297 g/mol. The van der Waals surface area contributed by atoms with E-state index in [4.69, 9.17) is 5.73 Å². The second kappa shape index (κ2) is 7.18. The number of hydrogen-bond donors (Lipinski definition) is 3. The molecule has 0 aromatic heterocycles. The van der Waals surface area contributed by atoms with Crippen LogP contribution in [0.3, 0.4) is 0 Å². The molecule has 0 saturated heterocycles.